The molecule has 0 saturated carbocycles. The lowest BCUT2D eigenvalue weighted by Gasteiger charge is -2.29. The Morgan fingerprint density at radius 3 is 2.71 bits per heavy atom. The molecule has 0 bridgehead atoms. The highest BCUT2D eigenvalue weighted by Gasteiger charge is 2.25. The van der Waals surface area contributed by atoms with Crippen molar-refractivity contribution in [2.45, 2.75) is 37.9 Å². The van der Waals surface area contributed by atoms with Crippen LogP contribution in [0.5, 0.6) is 5.75 Å². The molecule has 0 radical (unpaired) electrons. The molecule has 2 aliphatic rings. The summed E-state index contributed by atoms with van der Waals surface area (Å²) in [6.45, 7) is 2.01. The first-order chi connectivity index (χ1) is 13.7. The second-order valence-corrected chi connectivity index (χ2v) is 8.14. The average molecular weight is 402 g/mol. The highest BCUT2D eigenvalue weighted by molar-refractivity contribution is 7.99. The maximum absolute atomic E-state index is 14.1. The van der Waals surface area contributed by atoms with E-state index in [1.165, 1.54) is 30.3 Å². The lowest BCUT2D eigenvalue weighted by molar-refractivity contribution is -0.129. The van der Waals surface area contributed by atoms with E-state index < -0.39 is 6.29 Å². The number of carbonyl (C=O) groups excluding carboxylic acids is 1. The SMILES string of the molecule is O=C(CSCc1cc(F)cc2c1O[C@H](c1ccccc1)OC2)N1CCCCC1. The van der Waals surface area contributed by atoms with Crippen LogP contribution in [0.15, 0.2) is 42.5 Å². The first-order valence-electron chi connectivity index (χ1n) is 9.71. The zero-order valence-electron chi connectivity index (χ0n) is 15.7. The maximum atomic E-state index is 14.1. The molecule has 2 aliphatic heterocycles. The minimum Gasteiger partial charge on any atom is -0.460 e. The molecule has 28 heavy (non-hydrogen) atoms. The van der Waals surface area contributed by atoms with Crippen LogP contribution in [0, 0.1) is 5.82 Å². The zero-order chi connectivity index (χ0) is 19.3. The molecule has 1 fully saturated rings. The monoisotopic (exact) mass is 401 g/mol. The van der Waals surface area contributed by atoms with E-state index in [4.69, 9.17) is 9.47 Å². The van der Waals surface area contributed by atoms with E-state index in [1.807, 2.05) is 35.2 Å². The fourth-order valence-corrected chi connectivity index (χ4v) is 4.54. The van der Waals surface area contributed by atoms with Crippen molar-refractivity contribution in [3.8, 4) is 5.75 Å². The summed E-state index contributed by atoms with van der Waals surface area (Å²) in [4.78, 5) is 14.3. The number of likely N-dealkylation sites (tertiary alicyclic amines) is 1. The Morgan fingerprint density at radius 2 is 1.93 bits per heavy atom. The summed E-state index contributed by atoms with van der Waals surface area (Å²) in [6, 6.07) is 12.7. The highest BCUT2D eigenvalue weighted by Crippen LogP contribution is 2.38. The van der Waals surface area contributed by atoms with Gasteiger partial charge in [-0.3, -0.25) is 4.79 Å². The topological polar surface area (TPSA) is 38.8 Å². The number of carbonyl (C=O) groups is 1. The molecule has 0 unspecified atom stereocenters. The second kappa shape index (κ2) is 8.97. The van der Waals surface area contributed by atoms with Crippen LogP contribution < -0.4 is 4.74 Å². The Hall–Kier alpha value is -2.05. The van der Waals surface area contributed by atoms with Crippen molar-refractivity contribution in [3.05, 3.63) is 65.0 Å². The number of halogens is 1. The van der Waals surface area contributed by atoms with Gasteiger partial charge in [0.05, 0.1) is 12.4 Å². The van der Waals surface area contributed by atoms with Gasteiger partial charge in [0.1, 0.15) is 11.6 Å². The van der Waals surface area contributed by atoms with E-state index in [9.17, 15) is 9.18 Å². The molecule has 0 aromatic heterocycles. The molecular weight excluding hydrogens is 377 g/mol. The zero-order valence-corrected chi connectivity index (χ0v) is 16.6. The smallest absolute Gasteiger partial charge is 0.232 e. The fourth-order valence-electron chi connectivity index (χ4n) is 3.64. The minimum atomic E-state index is -0.502. The Morgan fingerprint density at radius 1 is 1.14 bits per heavy atom. The number of piperidine rings is 1. The van der Waals surface area contributed by atoms with Gasteiger partial charge in [-0.1, -0.05) is 30.3 Å². The average Bonchev–Trinajstić information content (AvgIpc) is 2.74. The van der Waals surface area contributed by atoms with Gasteiger partial charge in [0.15, 0.2) is 0 Å². The molecular formula is C22H24FNO3S. The van der Waals surface area contributed by atoms with Crippen LogP contribution in [0.25, 0.3) is 0 Å². The molecule has 148 valence electrons. The van der Waals surface area contributed by atoms with Crippen molar-refractivity contribution in [2.24, 2.45) is 0 Å². The summed E-state index contributed by atoms with van der Waals surface area (Å²) in [6.07, 6.45) is 2.87. The number of amides is 1. The largest absolute Gasteiger partial charge is 0.460 e. The summed E-state index contributed by atoms with van der Waals surface area (Å²) in [5, 5.41) is 0. The molecule has 0 spiro atoms. The van der Waals surface area contributed by atoms with Crippen LogP contribution in [0.1, 0.15) is 42.2 Å². The Kier molecular flexibility index (Phi) is 6.17. The molecule has 6 heteroatoms. The lowest BCUT2D eigenvalue weighted by Crippen LogP contribution is -2.36. The van der Waals surface area contributed by atoms with Gasteiger partial charge < -0.3 is 14.4 Å². The summed E-state index contributed by atoms with van der Waals surface area (Å²) in [5.74, 6) is 1.48. The molecule has 1 saturated heterocycles. The molecule has 1 amide bonds. The van der Waals surface area contributed by atoms with Crippen molar-refractivity contribution >= 4 is 17.7 Å². The van der Waals surface area contributed by atoms with Crippen LogP contribution in [0.4, 0.5) is 4.39 Å². The van der Waals surface area contributed by atoms with Gasteiger partial charge in [-0.2, -0.15) is 0 Å². The number of ether oxygens (including phenoxy) is 2. The highest BCUT2D eigenvalue weighted by atomic mass is 32.2. The molecule has 1 atom stereocenters. The minimum absolute atomic E-state index is 0.168. The number of fused-ring (bicyclic) bond motifs is 1. The standard InChI is InChI=1S/C22H24FNO3S/c23-19-11-17-13-26-22(16-7-3-1-4-8-16)27-21(17)18(12-19)14-28-15-20(25)24-9-5-2-6-10-24/h1,3-4,7-8,11-12,22H,2,5-6,9-10,13-15H2/t22-/m1/s1. The Bertz CT molecular complexity index is 824. The van der Waals surface area contributed by atoms with Gasteiger partial charge in [-0.15, -0.1) is 11.8 Å². The number of hydrogen-bond donors (Lipinski definition) is 0. The third-order valence-corrected chi connectivity index (χ3v) is 6.05. The van der Waals surface area contributed by atoms with E-state index in [0.717, 1.165) is 37.1 Å². The number of benzene rings is 2. The van der Waals surface area contributed by atoms with Gasteiger partial charge >= 0.3 is 0 Å². The van der Waals surface area contributed by atoms with Gasteiger partial charge in [-0.05, 0) is 31.4 Å². The maximum Gasteiger partial charge on any atom is 0.232 e. The van der Waals surface area contributed by atoms with E-state index in [-0.39, 0.29) is 11.7 Å². The van der Waals surface area contributed by atoms with Crippen molar-refractivity contribution in [3.63, 3.8) is 0 Å². The van der Waals surface area contributed by atoms with Crippen molar-refractivity contribution in [2.75, 3.05) is 18.8 Å². The van der Waals surface area contributed by atoms with Crippen LogP contribution in [0.2, 0.25) is 0 Å². The third kappa shape index (κ3) is 4.50. The van der Waals surface area contributed by atoms with E-state index in [0.29, 0.717) is 29.4 Å². The molecule has 2 aromatic carbocycles. The quantitative estimate of drug-likeness (QED) is 0.729. The van der Waals surface area contributed by atoms with Gasteiger partial charge in [0, 0.05) is 35.5 Å². The van der Waals surface area contributed by atoms with Crippen LogP contribution in [-0.4, -0.2) is 29.6 Å². The molecule has 0 aliphatic carbocycles. The Labute approximate surface area is 169 Å². The van der Waals surface area contributed by atoms with E-state index >= 15 is 0 Å². The summed E-state index contributed by atoms with van der Waals surface area (Å²) in [7, 11) is 0. The Balaban J connectivity index is 1.43. The predicted molar refractivity (Wildman–Crippen MR) is 108 cm³/mol. The van der Waals surface area contributed by atoms with E-state index in [2.05, 4.69) is 0 Å². The predicted octanol–water partition coefficient (Wildman–Crippen LogP) is 4.68. The van der Waals surface area contributed by atoms with Crippen LogP contribution in [-0.2, 0) is 21.9 Å². The molecule has 0 N–H and O–H groups in total. The van der Waals surface area contributed by atoms with Crippen LogP contribution in [0.3, 0.4) is 0 Å². The normalized spacial score (nSPS) is 19.0. The lowest BCUT2D eigenvalue weighted by atomic mass is 10.1. The third-order valence-electron chi connectivity index (χ3n) is 5.09. The molecule has 4 rings (SSSR count). The first-order valence-corrected chi connectivity index (χ1v) is 10.9. The number of rotatable bonds is 5. The second-order valence-electron chi connectivity index (χ2n) is 7.16. The summed E-state index contributed by atoms with van der Waals surface area (Å²) >= 11 is 1.51. The molecule has 2 aromatic rings. The van der Waals surface area contributed by atoms with Crippen molar-refractivity contribution < 1.29 is 18.7 Å². The van der Waals surface area contributed by atoms with E-state index in [1.54, 1.807) is 0 Å². The number of thioether (sulfide) groups is 1. The molecule has 4 nitrogen and oxygen atoms in total. The van der Waals surface area contributed by atoms with Crippen molar-refractivity contribution in [1.29, 1.82) is 0 Å². The first kappa shape index (κ1) is 19.3. The fraction of sp³-hybridized carbons (Fsp3) is 0.409. The van der Waals surface area contributed by atoms with Crippen LogP contribution >= 0.6 is 11.8 Å². The van der Waals surface area contributed by atoms with Gasteiger partial charge in [-0.25, -0.2) is 4.39 Å². The van der Waals surface area contributed by atoms with Crippen molar-refractivity contribution in [1.82, 2.24) is 4.90 Å². The summed E-state index contributed by atoms with van der Waals surface area (Å²) < 4.78 is 25.9. The number of nitrogens with zero attached hydrogens (tertiary/aromatic N) is 1. The number of hydrogen-bond acceptors (Lipinski definition) is 4. The summed E-state index contributed by atoms with van der Waals surface area (Å²) in [5.41, 5.74) is 2.41. The molecule has 2 heterocycles. The van der Waals surface area contributed by atoms with Gasteiger partial charge in [0.25, 0.3) is 0 Å². The van der Waals surface area contributed by atoms with Gasteiger partial charge in [0.2, 0.25) is 12.2 Å².